The second kappa shape index (κ2) is 22.4. The van der Waals surface area contributed by atoms with Gasteiger partial charge in [-0.1, -0.05) is 294 Å². The van der Waals surface area contributed by atoms with Gasteiger partial charge in [0.1, 0.15) is 16.8 Å². The lowest BCUT2D eigenvalue weighted by atomic mass is 9.72. The van der Waals surface area contributed by atoms with Crippen molar-refractivity contribution in [3.8, 4) is 0 Å². The molecular weight excluding hydrogens is 888 g/mol. The predicted octanol–water partition coefficient (Wildman–Crippen LogP) is 17.6. The lowest BCUT2D eigenvalue weighted by molar-refractivity contribution is -0.0650. The van der Waals surface area contributed by atoms with Crippen LogP contribution in [0, 0.1) is 0 Å². The summed E-state index contributed by atoms with van der Waals surface area (Å²) in [5.41, 5.74) is 3.57. The largest absolute Gasteiger partial charge is 0.478 e. The van der Waals surface area contributed by atoms with Crippen molar-refractivity contribution in [1.82, 2.24) is 0 Å². The van der Waals surface area contributed by atoms with Crippen LogP contribution in [0.2, 0.25) is 0 Å². The van der Waals surface area contributed by atoms with Crippen LogP contribution in [0.3, 0.4) is 0 Å². The molecule has 0 aliphatic carbocycles. The lowest BCUT2D eigenvalue weighted by Crippen LogP contribution is -2.44. The molecule has 5 heteroatoms. The fraction of sp³-hybridized carbons (Fsp3) is 0.182. The third-order valence-electron chi connectivity index (χ3n) is 14.3. The van der Waals surface area contributed by atoms with Gasteiger partial charge in [-0.25, -0.2) is 4.57 Å². The Morgan fingerprint density at radius 1 is 0.282 bits per heavy atom. The Labute approximate surface area is 421 Å². The quantitative estimate of drug-likeness (QED) is 0.0673. The van der Waals surface area contributed by atoms with Crippen LogP contribution in [0.4, 0.5) is 0 Å². The molecule has 71 heavy (non-hydrogen) atoms. The minimum Gasteiger partial charge on any atom is -0.270 e. The molecule has 4 nitrogen and oxygen atoms in total. The van der Waals surface area contributed by atoms with Crippen LogP contribution in [0.5, 0.6) is 0 Å². The molecular formula is C66H63O4P. The van der Waals surface area contributed by atoms with E-state index in [1.807, 2.05) is 127 Å². The van der Waals surface area contributed by atoms with Crippen molar-refractivity contribution in [2.45, 2.75) is 74.6 Å². The summed E-state index contributed by atoms with van der Waals surface area (Å²) in [6.45, 7) is 6.53. The van der Waals surface area contributed by atoms with E-state index in [9.17, 15) is 0 Å². The lowest BCUT2D eigenvalue weighted by Gasteiger charge is -2.50. The predicted molar refractivity (Wildman–Crippen MR) is 290 cm³/mol. The van der Waals surface area contributed by atoms with Gasteiger partial charge >= 0.3 is 7.82 Å². The van der Waals surface area contributed by atoms with Crippen LogP contribution in [0.15, 0.2) is 273 Å². The van der Waals surface area contributed by atoms with E-state index in [0.29, 0.717) is 19.3 Å². The zero-order chi connectivity index (χ0) is 49.0. The number of phosphoric ester groups is 1. The van der Waals surface area contributed by atoms with E-state index in [-0.39, 0.29) is 0 Å². The molecule has 0 aliphatic rings. The third kappa shape index (κ3) is 9.79. The maximum Gasteiger partial charge on any atom is 0.478 e. The molecule has 0 radical (unpaired) electrons. The van der Waals surface area contributed by atoms with Crippen molar-refractivity contribution in [2.24, 2.45) is 0 Å². The third-order valence-corrected chi connectivity index (χ3v) is 15.8. The van der Waals surface area contributed by atoms with Crippen LogP contribution in [-0.4, -0.2) is 0 Å². The van der Waals surface area contributed by atoms with Crippen molar-refractivity contribution in [1.29, 1.82) is 0 Å². The van der Waals surface area contributed by atoms with Gasteiger partial charge in [-0.2, -0.15) is 0 Å². The molecule has 9 aromatic carbocycles. The fourth-order valence-electron chi connectivity index (χ4n) is 11.2. The summed E-state index contributed by atoms with van der Waals surface area (Å²) in [4.78, 5) is 0. The first-order valence-corrected chi connectivity index (χ1v) is 26.6. The molecule has 0 aliphatic heterocycles. The van der Waals surface area contributed by atoms with E-state index >= 15 is 4.57 Å². The fourth-order valence-corrected chi connectivity index (χ4v) is 13.4. The van der Waals surface area contributed by atoms with Crippen LogP contribution in [0.1, 0.15) is 108 Å². The van der Waals surface area contributed by atoms with E-state index in [1.54, 1.807) is 0 Å². The second-order valence-corrected chi connectivity index (χ2v) is 19.7. The Morgan fingerprint density at radius 2 is 0.437 bits per heavy atom. The second-order valence-electron chi connectivity index (χ2n) is 18.2. The summed E-state index contributed by atoms with van der Waals surface area (Å²) in [5, 5.41) is 0. The Balaban J connectivity index is 1.45. The summed E-state index contributed by atoms with van der Waals surface area (Å²) in [6, 6.07) is 92.8. The first-order chi connectivity index (χ1) is 34.9. The maximum absolute atomic E-state index is 18.6. The summed E-state index contributed by atoms with van der Waals surface area (Å²) in [5.74, 6) is -1.19. The first kappa shape index (κ1) is 49.1. The van der Waals surface area contributed by atoms with E-state index in [1.165, 1.54) is 0 Å². The van der Waals surface area contributed by atoms with Gasteiger partial charge in [-0.15, -0.1) is 0 Å². The molecule has 0 aromatic heterocycles. The molecule has 3 unspecified atom stereocenters. The molecule has 9 aromatic rings. The highest BCUT2D eigenvalue weighted by Crippen LogP contribution is 2.70. The van der Waals surface area contributed by atoms with E-state index in [4.69, 9.17) is 13.6 Å². The average Bonchev–Trinajstić information content (AvgIpc) is 3.45. The highest BCUT2D eigenvalue weighted by atomic mass is 31.2. The van der Waals surface area contributed by atoms with Crippen LogP contribution >= 0.6 is 7.82 Å². The van der Waals surface area contributed by atoms with Gasteiger partial charge in [-0.3, -0.25) is 13.6 Å². The molecule has 356 valence electrons. The molecule has 0 heterocycles. The van der Waals surface area contributed by atoms with Crippen molar-refractivity contribution < 1.29 is 18.1 Å². The van der Waals surface area contributed by atoms with Crippen LogP contribution in [-0.2, 0) is 34.9 Å². The van der Waals surface area contributed by atoms with Crippen LogP contribution in [0.25, 0.3) is 0 Å². The number of hydrogen-bond acceptors (Lipinski definition) is 4. The molecule has 0 fully saturated rings. The van der Waals surface area contributed by atoms with Crippen molar-refractivity contribution >= 4 is 7.82 Å². The summed E-state index contributed by atoms with van der Waals surface area (Å²) in [6.07, 6.45) is 1.84. The average molecular weight is 951 g/mol. The van der Waals surface area contributed by atoms with Gasteiger partial charge in [-0.05, 0) is 69.3 Å². The van der Waals surface area contributed by atoms with Crippen LogP contribution < -0.4 is 0 Å². The molecule has 0 N–H and O–H groups in total. The molecule has 0 saturated carbocycles. The number of hydrogen-bond donors (Lipinski definition) is 0. The molecule has 0 spiro atoms. The van der Waals surface area contributed by atoms with Gasteiger partial charge in [0.15, 0.2) is 0 Å². The van der Waals surface area contributed by atoms with E-state index < -0.39 is 42.4 Å². The van der Waals surface area contributed by atoms with Crippen molar-refractivity contribution in [2.75, 3.05) is 0 Å². The smallest absolute Gasteiger partial charge is 0.270 e. The van der Waals surface area contributed by atoms with Gasteiger partial charge in [0, 0.05) is 17.8 Å². The molecule has 0 amide bonds. The Hall–Kier alpha value is -6.91. The van der Waals surface area contributed by atoms with E-state index in [0.717, 1.165) is 50.1 Å². The Morgan fingerprint density at radius 3 is 0.592 bits per heavy atom. The van der Waals surface area contributed by atoms with Gasteiger partial charge in [0.2, 0.25) is 0 Å². The summed E-state index contributed by atoms with van der Waals surface area (Å²) >= 11 is 0. The number of rotatable bonds is 21. The van der Waals surface area contributed by atoms with Crippen molar-refractivity contribution in [3.05, 3.63) is 323 Å². The number of benzene rings is 9. The zero-order valence-corrected chi connectivity index (χ0v) is 41.8. The molecule has 9 rings (SSSR count). The van der Waals surface area contributed by atoms with E-state index in [2.05, 4.69) is 166 Å². The number of phosphoric acid groups is 1. The summed E-state index contributed by atoms with van der Waals surface area (Å²) < 4.78 is 43.1. The highest BCUT2D eigenvalue weighted by molar-refractivity contribution is 7.48. The minimum atomic E-state index is -5.14. The zero-order valence-electron chi connectivity index (χ0n) is 40.9. The molecule has 3 atom stereocenters. The minimum absolute atomic E-state index is 0.396. The van der Waals surface area contributed by atoms with Gasteiger partial charge in [0.05, 0.1) is 0 Å². The normalized spacial score (nSPS) is 14.2. The Bertz CT molecular complexity index is 2580. The summed E-state index contributed by atoms with van der Waals surface area (Å²) in [7, 11) is -5.14. The monoisotopic (exact) mass is 950 g/mol. The maximum atomic E-state index is 18.6. The van der Waals surface area contributed by atoms with Crippen molar-refractivity contribution in [3.63, 3.8) is 0 Å². The SMILES string of the molecule is CCC(c1ccccc1)C(OP(=O)(OC(c1ccccc1)(c1ccccc1)C(CC)c1ccccc1)OC(c1ccccc1)(c1ccccc1)C(CC)c1ccccc1)(c1ccccc1)c1ccccc1. The van der Waals surface area contributed by atoms with Gasteiger partial charge < -0.3 is 0 Å². The highest BCUT2D eigenvalue weighted by Gasteiger charge is 2.59. The van der Waals surface area contributed by atoms with Gasteiger partial charge in [0.25, 0.3) is 0 Å². The topological polar surface area (TPSA) is 44.8 Å². The first-order valence-electron chi connectivity index (χ1n) is 25.1. The molecule has 0 saturated heterocycles. The standard InChI is InChI=1S/C66H63O4P/c1-4-61(52-34-16-7-17-35-52)64(55-40-22-10-23-41-55,56-42-24-11-25-43-56)68-71(67,69-65(57-44-26-12-27-45-57,58-46-28-13-29-47-58)62(5-2)53-36-18-8-19-37-53)70-66(59-48-30-14-31-49-59,60-50-32-15-33-51-60)63(6-3)54-38-20-9-21-39-54/h7-51,61-63H,4-6H2,1-3H3. The Kier molecular flexibility index (Phi) is 15.5. The molecule has 0 bridgehead atoms.